The summed E-state index contributed by atoms with van der Waals surface area (Å²) in [6.45, 7) is 2.00. The summed E-state index contributed by atoms with van der Waals surface area (Å²) in [5.41, 5.74) is 3.67. The molecule has 6 heteroatoms. The molecule has 0 aromatic carbocycles. The highest BCUT2D eigenvalue weighted by Crippen LogP contribution is 2.39. The average Bonchev–Trinajstić information content (AvgIpc) is 3.21. The van der Waals surface area contributed by atoms with Crippen LogP contribution >= 0.6 is 0 Å². The highest BCUT2D eigenvalue weighted by Gasteiger charge is 2.29. The van der Waals surface area contributed by atoms with Crippen molar-refractivity contribution >= 4 is 11.6 Å². The van der Waals surface area contributed by atoms with Gasteiger partial charge < -0.3 is 15.5 Å². The average molecular weight is 277 g/mol. The molecule has 0 saturated heterocycles. The molecule has 20 heavy (non-hydrogen) atoms. The molecule has 1 heterocycles. The Kier molecular flexibility index (Phi) is 3.76. The van der Waals surface area contributed by atoms with Crippen molar-refractivity contribution in [3.05, 3.63) is 11.4 Å². The maximum atomic E-state index is 5.57. The number of rotatable bonds is 5. The summed E-state index contributed by atoms with van der Waals surface area (Å²) in [5.74, 6) is 8.64. The summed E-state index contributed by atoms with van der Waals surface area (Å²) in [7, 11) is 1.78. The topological polar surface area (TPSA) is 85.1 Å². The lowest BCUT2D eigenvalue weighted by Gasteiger charge is -2.18. The summed E-state index contributed by atoms with van der Waals surface area (Å²) < 4.78 is 5.42. The predicted octanol–water partition coefficient (Wildman–Crippen LogP) is 1.93. The first kappa shape index (κ1) is 13.6. The third-order valence-electron chi connectivity index (χ3n) is 4.30. The number of nitrogens with one attached hydrogen (secondary N) is 2. The van der Waals surface area contributed by atoms with E-state index in [9.17, 15) is 0 Å². The largest absolute Gasteiger partial charge is 0.381 e. The van der Waals surface area contributed by atoms with Crippen LogP contribution in [0.5, 0.6) is 0 Å². The summed E-state index contributed by atoms with van der Waals surface area (Å²) in [6.07, 6.45) is 5.99. The molecule has 0 bridgehead atoms. The first-order valence-corrected chi connectivity index (χ1v) is 7.35. The van der Waals surface area contributed by atoms with Gasteiger partial charge in [0.15, 0.2) is 0 Å². The lowest BCUT2D eigenvalue weighted by Crippen LogP contribution is -2.21. The second-order valence-electron chi connectivity index (χ2n) is 5.83. The van der Waals surface area contributed by atoms with Crippen molar-refractivity contribution in [3.63, 3.8) is 0 Å². The van der Waals surface area contributed by atoms with E-state index in [0.717, 1.165) is 42.3 Å². The second-order valence-corrected chi connectivity index (χ2v) is 5.83. The number of nitrogen functional groups attached to an aromatic ring is 1. The van der Waals surface area contributed by atoms with E-state index in [4.69, 9.17) is 15.6 Å². The highest BCUT2D eigenvalue weighted by molar-refractivity contribution is 5.57. The number of aromatic nitrogens is 2. The van der Waals surface area contributed by atoms with E-state index in [-0.39, 0.29) is 0 Å². The molecule has 1 aromatic rings. The molecule has 3 rings (SSSR count). The van der Waals surface area contributed by atoms with E-state index >= 15 is 0 Å². The smallest absolute Gasteiger partial charge is 0.148 e. The molecule has 0 spiro atoms. The van der Waals surface area contributed by atoms with Gasteiger partial charge in [-0.1, -0.05) is 0 Å². The number of methoxy groups -OCH3 is 1. The summed E-state index contributed by atoms with van der Waals surface area (Å²) in [6, 6.07) is 0.422. The number of hydrogen-bond acceptors (Lipinski definition) is 6. The molecule has 6 nitrogen and oxygen atoms in total. The van der Waals surface area contributed by atoms with Crippen LogP contribution in [-0.2, 0) is 4.74 Å². The molecule has 4 N–H and O–H groups in total. The van der Waals surface area contributed by atoms with Gasteiger partial charge in [0.1, 0.15) is 17.5 Å². The minimum atomic E-state index is 0.365. The fourth-order valence-electron chi connectivity index (χ4n) is 2.82. The number of nitrogens with zero attached hydrogens (tertiary/aromatic N) is 2. The lowest BCUT2D eigenvalue weighted by atomic mass is 10.2. The van der Waals surface area contributed by atoms with Crippen molar-refractivity contribution in [2.24, 2.45) is 5.84 Å². The van der Waals surface area contributed by atoms with Crippen LogP contribution in [0.1, 0.15) is 49.4 Å². The van der Waals surface area contributed by atoms with Crippen LogP contribution in [0.4, 0.5) is 11.6 Å². The van der Waals surface area contributed by atoms with Crippen molar-refractivity contribution in [2.75, 3.05) is 17.9 Å². The van der Waals surface area contributed by atoms with E-state index in [0.29, 0.717) is 18.1 Å². The van der Waals surface area contributed by atoms with Gasteiger partial charge in [-0.15, -0.1) is 0 Å². The first-order chi connectivity index (χ1) is 9.71. The molecular weight excluding hydrogens is 254 g/mol. The number of anilines is 2. The predicted molar refractivity (Wildman–Crippen MR) is 78.6 cm³/mol. The maximum absolute atomic E-state index is 5.57. The summed E-state index contributed by atoms with van der Waals surface area (Å²) in [4.78, 5) is 9.21. The Labute approximate surface area is 119 Å². The van der Waals surface area contributed by atoms with Gasteiger partial charge in [0.05, 0.1) is 6.10 Å². The van der Waals surface area contributed by atoms with Crippen LogP contribution in [0.3, 0.4) is 0 Å². The van der Waals surface area contributed by atoms with Gasteiger partial charge in [0, 0.05) is 24.6 Å². The van der Waals surface area contributed by atoms with E-state index < -0.39 is 0 Å². The highest BCUT2D eigenvalue weighted by atomic mass is 16.5. The molecular formula is C14H23N5O. The Morgan fingerprint density at radius 3 is 2.50 bits per heavy atom. The van der Waals surface area contributed by atoms with Crippen molar-refractivity contribution in [2.45, 2.75) is 57.1 Å². The van der Waals surface area contributed by atoms with Crippen molar-refractivity contribution in [1.82, 2.24) is 9.97 Å². The quantitative estimate of drug-likeness (QED) is 0.563. The molecule has 2 atom stereocenters. The van der Waals surface area contributed by atoms with Gasteiger partial charge in [-0.3, -0.25) is 0 Å². The number of nitrogens with two attached hydrogens (primary N) is 1. The van der Waals surface area contributed by atoms with Crippen LogP contribution < -0.4 is 16.6 Å². The minimum Gasteiger partial charge on any atom is -0.381 e. The Morgan fingerprint density at radius 1 is 1.15 bits per heavy atom. The maximum Gasteiger partial charge on any atom is 0.148 e. The first-order valence-electron chi connectivity index (χ1n) is 7.35. The van der Waals surface area contributed by atoms with E-state index in [1.54, 1.807) is 7.11 Å². The third-order valence-corrected chi connectivity index (χ3v) is 4.30. The molecule has 2 unspecified atom stereocenters. The molecule has 2 saturated carbocycles. The zero-order chi connectivity index (χ0) is 14.1. The summed E-state index contributed by atoms with van der Waals surface area (Å²) in [5, 5.41) is 3.54. The zero-order valence-corrected chi connectivity index (χ0v) is 12.1. The standard InChI is InChI=1S/C14H23N5O/c1-8-12(16-10-5-6-11(7-10)20-2)17-14(9-3-4-9)18-13(8)19-15/h9-11H,3-7,15H2,1-2H3,(H2,16,17,18,19). The van der Waals surface area contributed by atoms with Gasteiger partial charge in [0.25, 0.3) is 0 Å². The van der Waals surface area contributed by atoms with Crippen LogP contribution in [0.25, 0.3) is 0 Å². The Morgan fingerprint density at radius 2 is 1.90 bits per heavy atom. The zero-order valence-electron chi connectivity index (χ0n) is 12.1. The number of hydrazine groups is 1. The molecule has 2 aliphatic carbocycles. The monoisotopic (exact) mass is 277 g/mol. The molecule has 110 valence electrons. The van der Waals surface area contributed by atoms with Gasteiger partial charge >= 0.3 is 0 Å². The molecule has 0 aliphatic heterocycles. The lowest BCUT2D eigenvalue weighted by molar-refractivity contribution is 0.108. The summed E-state index contributed by atoms with van der Waals surface area (Å²) >= 11 is 0. The van der Waals surface area contributed by atoms with Gasteiger partial charge in [-0.25, -0.2) is 15.8 Å². The Bertz CT molecular complexity index is 489. The third kappa shape index (κ3) is 2.71. The fourth-order valence-corrected chi connectivity index (χ4v) is 2.82. The molecule has 2 aliphatic rings. The SMILES string of the molecule is COC1CCC(Nc2nc(C3CC3)nc(NN)c2C)C1. The van der Waals surface area contributed by atoms with E-state index in [1.165, 1.54) is 12.8 Å². The molecule has 1 aromatic heterocycles. The molecule has 0 amide bonds. The van der Waals surface area contributed by atoms with Gasteiger partial charge in [-0.2, -0.15) is 0 Å². The van der Waals surface area contributed by atoms with Crippen LogP contribution in [-0.4, -0.2) is 29.2 Å². The minimum absolute atomic E-state index is 0.365. The normalized spacial score (nSPS) is 25.8. The second kappa shape index (κ2) is 5.54. The molecule has 0 radical (unpaired) electrons. The van der Waals surface area contributed by atoms with Crippen molar-refractivity contribution in [1.29, 1.82) is 0 Å². The Balaban J connectivity index is 1.79. The van der Waals surface area contributed by atoms with Gasteiger partial charge in [-0.05, 0) is 39.0 Å². The van der Waals surface area contributed by atoms with E-state index in [1.807, 2.05) is 6.92 Å². The van der Waals surface area contributed by atoms with Gasteiger partial charge in [0.2, 0.25) is 0 Å². The van der Waals surface area contributed by atoms with Crippen molar-refractivity contribution in [3.8, 4) is 0 Å². The fraction of sp³-hybridized carbons (Fsp3) is 0.714. The van der Waals surface area contributed by atoms with Crippen LogP contribution in [0, 0.1) is 6.92 Å². The van der Waals surface area contributed by atoms with E-state index in [2.05, 4.69) is 15.7 Å². The number of ether oxygens (including phenoxy) is 1. The van der Waals surface area contributed by atoms with Crippen LogP contribution in [0.2, 0.25) is 0 Å². The number of hydrogen-bond donors (Lipinski definition) is 3. The Hall–Kier alpha value is -1.40. The van der Waals surface area contributed by atoms with Crippen molar-refractivity contribution < 1.29 is 4.74 Å². The van der Waals surface area contributed by atoms with Crippen LogP contribution in [0.15, 0.2) is 0 Å². The molecule has 2 fully saturated rings.